The van der Waals surface area contributed by atoms with E-state index in [0.29, 0.717) is 28.6 Å². The Morgan fingerprint density at radius 2 is 1.89 bits per heavy atom. The van der Waals surface area contributed by atoms with Gasteiger partial charge >= 0.3 is 0 Å². The number of fused-ring (bicyclic) bond motifs is 1. The Labute approximate surface area is 209 Å². The van der Waals surface area contributed by atoms with E-state index < -0.39 is 0 Å². The summed E-state index contributed by atoms with van der Waals surface area (Å²) in [6.45, 7) is 7.58. The van der Waals surface area contributed by atoms with Crippen molar-refractivity contribution in [1.82, 2.24) is 24.8 Å². The summed E-state index contributed by atoms with van der Waals surface area (Å²) in [4.78, 5) is 33.4. The zero-order chi connectivity index (χ0) is 24.6. The summed E-state index contributed by atoms with van der Waals surface area (Å²) in [5, 5.41) is 13.8. The van der Waals surface area contributed by atoms with E-state index in [0.717, 1.165) is 57.1 Å². The van der Waals surface area contributed by atoms with Gasteiger partial charge in [0.2, 0.25) is 5.91 Å². The number of piperazine rings is 1. The first kappa shape index (κ1) is 22.5. The summed E-state index contributed by atoms with van der Waals surface area (Å²) < 4.78 is 1.75. The third-order valence-corrected chi connectivity index (χ3v) is 6.98. The van der Waals surface area contributed by atoms with Crippen molar-refractivity contribution in [3.63, 3.8) is 0 Å². The van der Waals surface area contributed by atoms with Gasteiger partial charge in [0.15, 0.2) is 5.65 Å². The molecule has 186 valence electrons. The Kier molecular flexibility index (Phi) is 5.80. The summed E-state index contributed by atoms with van der Waals surface area (Å²) in [6.07, 6.45) is 5.71. The molecule has 0 atom stereocenters. The predicted octanol–water partition coefficient (Wildman–Crippen LogP) is 2.62. The standard InChI is InChI=1S/C26H30N8O2/c1-2-32-9-11-33(12-10-32)21-7-5-19(6-8-21)28-22-15-23(29-20-3-4-20)34-25(30-22)18(16-27-34)13-17-14-24(35)31-26(17)36/h5-8,13,15-16,20,29H,2-4,9-12,14H2,1H3,(H,28,30)(H,31,35,36)/b17-13+. The zero-order valence-corrected chi connectivity index (χ0v) is 20.3. The normalized spacial score (nSPS) is 19.8. The molecule has 2 saturated heterocycles. The molecule has 3 aliphatic rings. The highest BCUT2D eigenvalue weighted by atomic mass is 16.2. The lowest BCUT2D eigenvalue weighted by Gasteiger charge is -2.35. The van der Waals surface area contributed by atoms with E-state index in [1.165, 1.54) is 5.69 Å². The quantitative estimate of drug-likeness (QED) is 0.346. The Balaban J connectivity index is 1.26. The summed E-state index contributed by atoms with van der Waals surface area (Å²) in [6, 6.07) is 10.8. The van der Waals surface area contributed by atoms with Crippen LogP contribution < -0.4 is 20.9 Å². The first-order valence-electron chi connectivity index (χ1n) is 12.6. The van der Waals surface area contributed by atoms with Crippen molar-refractivity contribution in [2.24, 2.45) is 0 Å². The first-order valence-corrected chi connectivity index (χ1v) is 12.6. The van der Waals surface area contributed by atoms with Gasteiger partial charge in [0.25, 0.3) is 5.91 Å². The number of hydrogen-bond donors (Lipinski definition) is 3. The maximum atomic E-state index is 12.1. The summed E-state index contributed by atoms with van der Waals surface area (Å²) in [7, 11) is 0. The largest absolute Gasteiger partial charge is 0.369 e. The minimum absolute atomic E-state index is 0.0706. The number of nitrogens with zero attached hydrogens (tertiary/aromatic N) is 5. The molecule has 3 N–H and O–H groups in total. The van der Waals surface area contributed by atoms with E-state index >= 15 is 0 Å². The number of imide groups is 1. The molecule has 6 rings (SSSR count). The Morgan fingerprint density at radius 3 is 2.56 bits per heavy atom. The number of aromatic nitrogens is 3. The molecule has 2 aromatic heterocycles. The third kappa shape index (κ3) is 4.64. The van der Waals surface area contributed by atoms with Crippen LogP contribution in [-0.2, 0) is 9.59 Å². The number of hydrogen-bond acceptors (Lipinski definition) is 8. The van der Waals surface area contributed by atoms with Crippen LogP contribution in [0.4, 0.5) is 23.0 Å². The van der Waals surface area contributed by atoms with Crippen LogP contribution in [0.3, 0.4) is 0 Å². The van der Waals surface area contributed by atoms with Gasteiger partial charge in [0, 0.05) is 60.8 Å². The lowest BCUT2D eigenvalue weighted by atomic mass is 10.1. The molecule has 0 radical (unpaired) electrons. The average Bonchev–Trinajstić information content (AvgIpc) is 3.53. The number of carbonyl (C=O) groups excluding carboxylic acids is 2. The van der Waals surface area contributed by atoms with Gasteiger partial charge in [0.05, 0.1) is 12.6 Å². The van der Waals surface area contributed by atoms with Crippen LogP contribution in [0.2, 0.25) is 0 Å². The van der Waals surface area contributed by atoms with Crippen LogP contribution in [0.1, 0.15) is 31.7 Å². The lowest BCUT2D eigenvalue weighted by molar-refractivity contribution is -0.124. The van der Waals surface area contributed by atoms with Crippen molar-refractivity contribution < 1.29 is 9.59 Å². The lowest BCUT2D eigenvalue weighted by Crippen LogP contribution is -2.46. The molecule has 1 aliphatic carbocycles. The van der Waals surface area contributed by atoms with E-state index in [1.54, 1.807) is 16.8 Å². The van der Waals surface area contributed by atoms with Gasteiger partial charge in [-0.3, -0.25) is 14.9 Å². The van der Waals surface area contributed by atoms with Gasteiger partial charge < -0.3 is 20.4 Å². The van der Waals surface area contributed by atoms with Crippen LogP contribution in [0.25, 0.3) is 11.7 Å². The molecular formula is C26H30N8O2. The predicted molar refractivity (Wildman–Crippen MR) is 139 cm³/mol. The SMILES string of the molecule is CCN1CCN(c2ccc(Nc3cc(NC4CC4)n4ncc(/C=C5\CC(=O)NC5=O)c4n3)cc2)CC1. The van der Waals surface area contributed by atoms with Crippen molar-refractivity contribution >= 4 is 46.5 Å². The number of benzene rings is 1. The molecule has 2 amide bonds. The zero-order valence-electron chi connectivity index (χ0n) is 20.3. The molecule has 0 spiro atoms. The highest BCUT2D eigenvalue weighted by Crippen LogP contribution is 2.29. The second-order valence-corrected chi connectivity index (χ2v) is 9.60. The highest BCUT2D eigenvalue weighted by molar-refractivity contribution is 6.15. The van der Waals surface area contributed by atoms with Crippen molar-refractivity contribution in [3.05, 3.63) is 47.7 Å². The molecule has 2 aliphatic heterocycles. The minimum Gasteiger partial charge on any atom is -0.369 e. The van der Waals surface area contributed by atoms with Gasteiger partial charge in [-0.1, -0.05) is 6.92 Å². The van der Waals surface area contributed by atoms with Gasteiger partial charge in [-0.2, -0.15) is 9.61 Å². The molecule has 1 aromatic carbocycles. The summed E-state index contributed by atoms with van der Waals surface area (Å²) in [5.41, 5.74) is 3.90. The molecule has 10 heteroatoms. The van der Waals surface area contributed by atoms with Gasteiger partial charge in [-0.05, 0) is 49.7 Å². The number of anilines is 4. The van der Waals surface area contributed by atoms with Crippen LogP contribution >= 0.6 is 0 Å². The van der Waals surface area contributed by atoms with Gasteiger partial charge in [-0.15, -0.1) is 0 Å². The Bertz CT molecular complexity index is 1330. The van der Waals surface area contributed by atoms with E-state index in [2.05, 4.69) is 62.0 Å². The van der Waals surface area contributed by atoms with Gasteiger partial charge in [-0.25, -0.2) is 4.98 Å². The molecule has 4 heterocycles. The molecule has 0 unspecified atom stereocenters. The van der Waals surface area contributed by atoms with Crippen molar-refractivity contribution in [3.8, 4) is 0 Å². The van der Waals surface area contributed by atoms with Crippen LogP contribution in [0.15, 0.2) is 42.1 Å². The van der Waals surface area contributed by atoms with Crippen LogP contribution in [0, 0.1) is 0 Å². The molecule has 0 bridgehead atoms. The summed E-state index contributed by atoms with van der Waals surface area (Å²) in [5.74, 6) is 0.875. The first-order chi connectivity index (χ1) is 17.6. The number of nitrogens with one attached hydrogen (secondary N) is 3. The van der Waals surface area contributed by atoms with E-state index in [4.69, 9.17) is 4.98 Å². The second kappa shape index (κ2) is 9.27. The highest BCUT2D eigenvalue weighted by Gasteiger charge is 2.26. The number of rotatable bonds is 7. The molecular weight excluding hydrogens is 456 g/mol. The van der Waals surface area contributed by atoms with E-state index in [-0.39, 0.29) is 18.2 Å². The molecule has 3 fully saturated rings. The van der Waals surface area contributed by atoms with Crippen molar-refractivity contribution in [2.45, 2.75) is 32.2 Å². The van der Waals surface area contributed by atoms with E-state index in [9.17, 15) is 9.59 Å². The fourth-order valence-corrected chi connectivity index (χ4v) is 4.72. The minimum atomic E-state index is -0.360. The Morgan fingerprint density at radius 1 is 1.11 bits per heavy atom. The van der Waals surface area contributed by atoms with E-state index in [1.807, 2.05) is 6.07 Å². The monoisotopic (exact) mass is 486 g/mol. The molecule has 10 nitrogen and oxygen atoms in total. The summed E-state index contributed by atoms with van der Waals surface area (Å²) >= 11 is 0. The maximum Gasteiger partial charge on any atom is 0.254 e. The number of carbonyl (C=O) groups is 2. The second-order valence-electron chi connectivity index (χ2n) is 9.60. The third-order valence-electron chi connectivity index (χ3n) is 6.98. The molecule has 1 saturated carbocycles. The molecule has 3 aromatic rings. The number of likely N-dealkylation sites (N-methyl/N-ethyl adjacent to an activating group) is 1. The van der Waals surface area contributed by atoms with Crippen molar-refractivity contribution in [2.75, 3.05) is 48.3 Å². The Hall–Kier alpha value is -3.92. The fourth-order valence-electron chi connectivity index (χ4n) is 4.72. The number of amides is 2. The topological polar surface area (TPSA) is 107 Å². The smallest absolute Gasteiger partial charge is 0.254 e. The average molecular weight is 487 g/mol. The molecule has 36 heavy (non-hydrogen) atoms. The maximum absolute atomic E-state index is 12.1. The van der Waals surface area contributed by atoms with Crippen LogP contribution in [-0.4, -0.2) is 70.1 Å². The fraction of sp³-hybridized carbons (Fsp3) is 0.385. The van der Waals surface area contributed by atoms with Gasteiger partial charge in [0.1, 0.15) is 11.6 Å². The van der Waals surface area contributed by atoms with Crippen LogP contribution in [0.5, 0.6) is 0 Å². The van der Waals surface area contributed by atoms with Crippen molar-refractivity contribution in [1.29, 1.82) is 0 Å².